The van der Waals surface area contributed by atoms with Crippen LogP contribution in [-0.2, 0) is 9.84 Å². The van der Waals surface area contributed by atoms with Crippen molar-refractivity contribution in [2.75, 3.05) is 12.0 Å². The first-order valence-corrected chi connectivity index (χ1v) is 7.91. The zero-order valence-corrected chi connectivity index (χ0v) is 11.8. The highest BCUT2D eigenvalue weighted by molar-refractivity contribution is 7.90. The SMILES string of the molecule is CC(CS(C)(=O)=O)n1c(=O)[nH]c2c(C(=O)O)cccc21. The number of imidazole rings is 1. The third kappa shape index (κ3) is 2.60. The predicted molar refractivity (Wildman–Crippen MR) is 73.9 cm³/mol. The van der Waals surface area contributed by atoms with Crippen molar-refractivity contribution >= 4 is 26.8 Å². The number of aromatic amines is 1. The van der Waals surface area contributed by atoms with Crippen LogP contribution in [0.4, 0.5) is 0 Å². The molecule has 1 aromatic carbocycles. The number of hydrogen-bond donors (Lipinski definition) is 2. The third-order valence-corrected chi connectivity index (χ3v) is 4.06. The van der Waals surface area contributed by atoms with Gasteiger partial charge in [-0.05, 0) is 19.1 Å². The first kappa shape index (κ1) is 14.3. The van der Waals surface area contributed by atoms with E-state index in [1.54, 1.807) is 13.0 Å². The van der Waals surface area contributed by atoms with E-state index in [1.165, 1.54) is 16.7 Å². The minimum absolute atomic E-state index is 0.0232. The van der Waals surface area contributed by atoms with Crippen LogP contribution in [0.2, 0.25) is 0 Å². The molecule has 108 valence electrons. The van der Waals surface area contributed by atoms with Crippen LogP contribution in [-0.4, -0.2) is 41.1 Å². The lowest BCUT2D eigenvalue weighted by molar-refractivity contribution is 0.0699. The van der Waals surface area contributed by atoms with Gasteiger partial charge in [-0.25, -0.2) is 18.0 Å². The van der Waals surface area contributed by atoms with Crippen molar-refractivity contribution in [3.63, 3.8) is 0 Å². The molecule has 0 fully saturated rings. The molecule has 20 heavy (non-hydrogen) atoms. The number of fused-ring (bicyclic) bond motifs is 1. The molecule has 1 atom stereocenters. The van der Waals surface area contributed by atoms with Crippen molar-refractivity contribution in [1.29, 1.82) is 0 Å². The second-order valence-corrected chi connectivity index (χ2v) is 6.93. The van der Waals surface area contributed by atoms with E-state index in [0.717, 1.165) is 6.26 Å². The fourth-order valence-corrected chi connectivity index (χ4v) is 3.30. The molecule has 0 aliphatic heterocycles. The fourth-order valence-electron chi connectivity index (χ4n) is 2.28. The fraction of sp³-hybridized carbons (Fsp3) is 0.333. The van der Waals surface area contributed by atoms with Crippen molar-refractivity contribution in [2.24, 2.45) is 0 Å². The van der Waals surface area contributed by atoms with Gasteiger partial charge in [-0.2, -0.15) is 0 Å². The molecule has 2 aromatic rings. The molecule has 0 radical (unpaired) electrons. The number of para-hydroxylation sites is 1. The average molecular weight is 298 g/mol. The highest BCUT2D eigenvalue weighted by Gasteiger charge is 2.20. The number of hydrogen-bond acceptors (Lipinski definition) is 4. The molecule has 0 spiro atoms. The number of carboxylic acid groups (broad SMARTS) is 1. The molecule has 0 saturated heterocycles. The second kappa shape index (κ2) is 4.78. The molecule has 2 N–H and O–H groups in total. The number of carboxylic acids is 1. The van der Waals surface area contributed by atoms with Crippen LogP contribution in [0.5, 0.6) is 0 Å². The lowest BCUT2D eigenvalue weighted by Gasteiger charge is -2.12. The molecular weight excluding hydrogens is 284 g/mol. The van der Waals surface area contributed by atoms with E-state index in [9.17, 15) is 18.0 Å². The average Bonchev–Trinajstić information content (AvgIpc) is 2.61. The van der Waals surface area contributed by atoms with Gasteiger partial charge in [0.1, 0.15) is 9.84 Å². The Morgan fingerprint density at radius 3 is 2.65 bits per heavy atom. The summed E-state index contributed by atoms with van der Waals surface area (Å²) in [4.78, 5) is 25.5. The Bertz CT molecular complexity index is 831. The van der Waals surface area contributed by atoms with Gasteiger partial charge in [-0.3, -0.25) is 4.57 Å². The lowest BCUT2D eigenvalue weighted by Crippen LogP contribution is -2.25. The van der Waals surface area contributed by atoms with Gasteiger partial charge in [0.2, 0.25) is 0 Å². The Hall–Kier alpha value is -2.09. The number of rotatable bonds is 4. The van der Waals surface area contributed by atoms with Crippen LogP contribution < -0.4 is 5.69 Å². The van der Waals surface area contributed by atoms with Crippen LogP contribution in [0.3, 0.4) is 0 Å². The number of aromatic nitrogens is 2. The van der Waals surface area contributed by atoms with Gasteiger partial charge >= 0.3 is 11.7 Å². The summed E-state index contributed by atoms with van der Waals surface area (Å²) in [5.74, 6) is -1.35. The quantitative estimate of drug-likeness (QED) is 0.860. The summed E-state index contributed by atoms with van der Waals surface area (Å²) < 4.78 is 23.9. The van der Waals surface area contributed by atoms with Crippen LogP contribution in [0.25, 0.3) is 11.0 Å². The van der Waals surface area contributed by atoms with E-state index < -0.39 is 27.5 Å². The monoisotopic (exact) mass is 298 g/mol. The van der Waals surface area contributed by atoms with Gasteiger partial charge in [0, 0.05) is 12.3 Å². The Morgan fingerprint density at radius 2 is 2.10 bits per heavy atom. The largest absolute Gasteiger partial charge is 0.478 e. The maximum atomic E-state index is 12.0. The van der Waals surface area contributed by atoms with Crippen LogP contribution in [0.15, 0.2) is 23.0 Å². The predicted octanol–water partition coefficient (Wildman–Crippen LogP) is 0.633. The van der Waals surface area contributed by atoms with Crippen molar-refractivity contribution in [2.45, 2.75) is 13.0 Å². The van der Waals surface area contributed by atoms with Crippen molar-refractivity contribution < 1.29 is 18.3 Å². The number of nitrogens with zero attached hydrogens (tertiary/aromatic N) is 1. The van der Waals surface area contributed by atoms with Crippen molar-refractivity contribution in [3.8, 4) is 0 Å². The molecule has 0 amide bonds. The van der Waals surface area contributed by atoms with E-state index in [-0.39, 0.29) is 16.8 Å². The molecule has 0 bridgehead atoms. The summed E-state index contributed by atoms with van der Waals surface area (Å²) >= 11 is 0. The molecule has 8 heteroatoms. The molecule has 2 rings (SSSR count). The van der Waals surface area contributed by atoms with E-state index in [2.05, 4.69) is 4.98 Å². The number of nitrogens with one attached hydrogen (secondary N) is 1. The molecule has 1 unspecified atom stereocenters. The van der Waals surface area contributed by atoms with E-state index >= 15 is 0 Å². The summed E-state index contributed by atoms with van der Waals surface area (Å²) in [6.45, 7) is 1.60. The van der Waals surface area contributed by atoms with Crippen LogP contribution in [0.1, 0.15) is 23.3 Å². The number of benzene rings is 1. The number of aromatic carboxylic acids is 1. The minimum Gasteiger partial charge on any atom is -0.478 e. The van der Waals surface area contributed by atoms with E-state index in [4.69, 9.17) is 5.11 Å². The molecule has 0 saturated carbocycles. The van der Waals surface area contributed by atoms with Gasteiger partial charge in [-0.1, -0.05) is 6.07 Å². The Kier molecular flexibility index (Phi) is 3.43. The minimum atomic E-state index is -3.25. The Labute approximate surface area is 114 Å². The maximum absolute atomic E-state index is 12.0. The van der Waals surface area contributed by atoms with Crippen LogP contribution >= 0.6 is 0 Å². The topological polar surface area (TPSA) is 109 Å². The Morgan fingerprint density at radius 1 is 1.45 bits per heavy atom. The van der Waals surface area contributed by atoms with Gasteiger partial charge in [-0.15, -0.1) is 0 Å². The number of sulfone groups is 1. The van der Waals surface area contributed by atoms with E-state index in [1.807, 2.05) is 0 Å². The third-order valence-electron chi connectivity index (χ3n) is 2.97. The molecule has 1 heterocycles. The smallest absolute Gasteiger partial charge is 0.337 e. The first-order valence-electron chi connectivity index (χ1n) is 5.85. The van der Waals surface area contributed by atoms with Gasteiger partial charge in [0.15, 0.2) is 0 Å². The number of carbonyl (C=O) groups is 1. The van der Waals surface area contributed by atoms with Gasteiger partial charge in [0.25, 0.3) is 0 Å². The highest BCUT2D eigenvalue weighted by atomic mass is 32.2. The van der Waals surface area contributed by atoms with Gasteiger partial charge < -0.3 is 10.1 Å². The first-order chi connectivity index (χ1) is 9.20. The summed E-state index contributed by atoms with van der Waals surface area (Å²) in [5, 5.41) is 9.08. The van der Waals surface area contributed by atoms with Crippen molar-refractivity contribution in [1.82, 2.24) is 9.55 Å². The molecular formula is C12H14N2O5S. The molecule has 7 nitrogen and oxygen atoms in total. The normalized spacial score (nSPS) is 13.5. The standard InChI is InChI=1S/C12H14N2O5S/c1-7(6-20(2,18)19)14-9-5-3-4-8(11(15)16)10(9)13-12(14)17/h3-5,7H,6H2,1-2H3,(H,13,17)(H,15,16). The van der Waals surface area contributed by atoms with Crippen LogP contribution in [0, 0.1) is 0 Å². The number of H-pyrrole nitrogens is 1. The summed E-state index contributed by atoms with van der Waals surface area (Å²) in [5.41, 5.74) is 0.0335. The molecule has 0 aliphatic rings. The Balaban J connectivity index is 2.67. The lowest BCUT2D eigenvalue weighted by atomic mass is 10.2. The van der Waals surface area contributed by atoms with Gasteiger partial charge in [0.05, 0.1) is 22.3 Å². The zero-order valence-electron chi connectivity index (χ0n) is 11.0. The zero-order chi connectivity index (χ0) is 15.1. The second-order valence-electron chi connectivity index (χ2n) is 4.75. The summed E-state index contributed by atoms with van der Waals surface area (Å²) in [6.07, 6.45) is 1.09. The molecule has 1 aromatic heterocycles. The van der Waals surface area contributed by atoms with E-state index in [0.29, 0.717) is 5.52 Å². The maximum Gasteiger partial charge on any atom is 0.337 e. The molecule has 0 aliphatic carbocycles. The summed E-state index contributed by atoms with van der Waals surface area (Å²) in [7, 11) is -3.25. The van der Waals surface area contributed by atoms with Crippen molar-refractivity contribution in [3.05, 3.63) is 34.2 Å². The summed E-state index contributed by atoms with van der Waals surface area (Å²) in [6, 6.07) is 3.89. The highest BCUT2D eigenvalue weighted by Crippen LogP contribution is 2.19.